The normalized spacial score (nSPS) is 14.1. The molecule has 0 bridgehead atoms. The predicted octanol–water partition coefficient (Wildman–Crippen LogP) is 2.91. The van der Waals surface area contributed by atoms with Gasteiger partial charge in [0, 0.05) is 12.0 Å². The molecule has 1 atom stereocenters. The topological polar surface area (TPSA) is 50.1 Å². The standard InChI is InChI=1S/C12H16NO2P/c1-3-4-9-15-16(2,14)12-7-5-11(10-13)6-8-12/h5-8H,3-4,9H2,1-2H3. The maximum absolute atomic E-state index is 12.2. The molecule has 0 N–H and O–H groups in total. The first kappa shape index (κ1) is 13.0. The number of unbranched alkanes of at least 4 members (excludes halogenated alkanes) is 1. The van der Waals surface area contributed by atoms with Crippen molar-refractivity contribution in [2.75, 3.05) is 13.3 Å². The minimum atomic E-state index is -2.71. The Bertz CT molecular complexity index is 420. The number of hydrogen-bond acceptors (Lipinski definition) is 3. The second-order valence-electron chi connectivity index (χ2n) is 3.69. The summed E-state index contributed by atoms with van der Waals surface area (Å²) in [5.41, 5.74) is 0.567. The highest BCUT2D eigenvalue weighted by Crippen LogP contribution is 2.41. The van der Waals surface area contributed by atoms with Crippen molar-refractivity contribution >= 4 is 12.7 Å². The molecule has 0 aromatic heterocycles. The average Bonchev–Trinajstić information content (AvgIpc) is 2.29. The summed E-state index contributed by atoms with van der Waals surface area (Å²) >= 11 is 0. The molecule has 1 aromatic rings. The van der Waals surface area contributed by atoms with Crippen LogP contribution in [0.2, 0.25) is 0 Å². The van der Waals surface area contributed by atoms with Gasteiger partial charge < -0.3 is 4.52 Å². The van der Waals surface area contributed by atoms with Crippen molar-refractivity contribution in [1.29, 1.82) is 5.26 Å². The minimum absolute atomic E-state index is 0.518. The van der Waals surface area contributed by atoms with E-state index in [0.29, 0.717) is 17.5 Å². The van der Waals surface area contributed by atoms with Crippen LogP contribution in [0.15, 0.2) is 24.3 Å². The Hall–Kier alpha value is -1.10. The van der Waals surface area contributed by atoms with Gasteiger partial charge in [-0.15, -0.1) is 0 Å². The van der Waals surface area contributed by atoms with Gasteiger partial charge in [0.2, 0.25) is 7.37 Å². The monoisotopic (exact) mass is 237 g/mol. The fraction of sp³-hybridized carbons (Fsp3) is 0.417. The van der Waals surface area contributed by atoms with Crippen LogP contribution in [0.25, 0.3) is 0 Å². The lowest BCUT2D eigenvalue weighted by Crippen LogP contribution is -2.07. The molecule has 1 unspecified atom stereocenters. The molecule has 0 saturated carbocycles. The molecule has 86 valence electrons. The molecule has 1 aromatic carbocycles. The van der Waals surface area contributed by atoms with Crippen LogP contribution >= 0.6 is 7.37 Å². The van der Waals surface area contributed by atoms with Crippen LogP contribution in [0, 0.1) is 11.3 Å². The number of benzene rings is 1. The van der Waals surface area contributed by atoms with Crippen molar-refractivity contribution in [3.63, 3.8) is 0 Å². The van der Waals surface area contributed by atoms with Crippen LogP contribution in [0.1, 0.15) is 25.3 Å². The summed E-state index contributed by atoms with van der Waals surface area (Å²) in [5, 5.41) is 9.32. The highest BCUT2D eigenvalue weighted by atomic mass is 31.2. The molecule has 0 radical (unpaired) electrons. The van der Waals surface area contributed by atoms with Gasteiger partial charge >= 0.3 is 0 Å². The first-order valence-corrected chi connectivity index (χ1v) is 7.40. The smallest absolute Gasteiger partial charge is 0.229 e. The first-order chi connectivity index (χ1) is 7.60. The Balaban J connectivity index is 2.74. The Morgan fingerprint density at radius 3 is 2.50 bits per heavy atom. The molecule has 0 aliphatic rings. The molecule has 0 saturated heterocycles. The van der Waals surface area contributed by atoms with Crippen molar-refractivity contribution in [2.24, 2.45) is 0 Å². The van der Waals surface area contributed by atoms with E-state index < -0.39 is 7.37 Å². The van der Waals surface area contributed by atoms with Gasteiger partial charge in [-0.3, -0.25) is 4.57 Å². The van der Waals surface area contributed by atoms with Crippen molar-refractivity contribution in [1.82, 2.24) is 0 Å². The molecule has 0 amide bonds. The quantitative estimate of drug-likeness (QED) is 0.584. The second-order valence-corrected chi connectivity index (χ2v) is 6.16. The van der Waals surface area contributed by atoms with Crippen LogP contribution in [-0.2, 0) is 9.09 Å². The minimum Gasteiger partial charge on any atom is -0.325 e. The van der Waals surface area contributed by atoms with Gasteiger partial charge in [0.25, 0.3) is 0 Å². The molecule has 0 aliphatic heterocycles. The molecule has 0 aliphatic carbocycles. The van der Waals surface area contributed by atoms with Crippen molar-refractivity contribution < 1.29 is 9.09 Å². The zero-order chi connectivity index (χ0) is 12.0. The Labute approximate surface area is 96.5 Å². The number of rotatable bonds is 5. The molecule has 0 fully saturated rings. The summed E-state index contributed by atoms with van der Waals surface area (Å²) < 4.78 is 17.6. The second kappa shape index (κ2) is 5.84. The summed E-state index contributed by atoms with van der Waals surface area (Å²) in [6.07, 6.45) is 1.93. The highest BCUT2D eigenvalue weighted by Gasteiger charge is 2.18. The van der Waals surface area contributed by atoms with Crippen molar-refractivity contribution in [3.8, 4) is 6.07 Å². The SMILES string of the molecule is CCCCOP(C)(=O)c1ccc(C#N)cc1. The van der Waals surface area contributed by atoms with E-state index in [4.69, 9.17) is 9.79 Å². The van der Waals surface area contributed by atoms with Crippen LogP contribution in [0.3, 0.4) is 0 Å². The maximum atomic E-state index is 12.2. The third-order valence-corrected chi connectivity index (χ3v) is 4.21. The van der Waals surface area contributed by atoms with Gasteiger partial charge in [0.15, 0.2) is 0 Å². The van der Waals surface area contributed by atoms with Gasteiger partial charge in [0.1, 0.15) is 0 Å². The fourth-order valence-electron chi connectivity index (χ4n) is 1.26. The maximum Gasteiger partial charge on any atom is 0.229 e. The summed E-state index contributed by atoms with van der Waals surface area (Å²) in [7, 11) is -2.71. The van der Waals surface area contributed by atoms with Gasteiger partial charge in [0.05, 0.1) is 18.2 Å². The lowest BCUT2D eigenvalue weighted by Gasteiger charge is -2.13. The van der Waals surface area contributed by atoms with Crippen molar-refractivity contribution in [3.05, 3.63) is 29.8 Å². The van der Waals surface area contributed by atoms with Crippen molar-refractivity contribution in [2.45, 2.75) is 19.8 Å². The Kier molecular flexibility index (Phi) is 4.73. The van der Waals surface area contributed by atoms with Gasteiger partial charge in [-0.25, -0.2) is 0 Å². The predicted molar refractivity (Wildman–Crippen MR) is 65.2 cm³/mol. The summed E-state index contributed by atoms with van der Waals surface area (Å²) in [6.45, 7) is 4.19. The fourth-order valence-corrected chi connectivity index (χ4v) is 2.58. The third-order valence-electron chi connectivity index (χ3n) is 2.30. The molecule has 1 rings (SSSR count). The van der Waals surface area contributed by atoms with Crippen LogP contribution in [0.5, 0.6) is 0 Å². The summed E-state index contributed by atoms with van der Waals surface area (Å²) in [5.74, 6) is 0. The van der Waals surface area contributed by atoms with E-state index >= 15 is 0 Å². The lowest BCUT2D eigenvalue weighted by atomic mass is 10.2. The Morgan fingerprint density at radius 2 is 2.00 bits per heavy atom. The van der Waals surface area contributed by atoms with Crippen LogP contribution in [0.4, 0.5) is 0 Å². The molecule has 0 heterocycles. The van der Waals surface area contributed by atoms with E-state index in [1.165, 1.54) is 0 Å². The summed E-state index contributed by atoms with van der Waals surface area (Å²) in [6, 6.07) is 8.75. The first-order valence-electron chi connectivity index (χ1n) is 5.33. The van der Waals surface area contributed by atoms with E-state index in [1.54, 1.807) is 30.9 Å². The van der Waals surface area contributed by atoms with E-state index in [-0.39, 0.29) is 0 Å². The lowest BCUT2D eigenvalue weighted by molar-refractivity contribution is 0.316. The number of nitriles is 1. The number of hydrogen-bond donors (Lipinski definition) is 0. The molecular weight excluding hydrogens is 221 g/mol. The van der Waals surface area contributed by atoms with Crippen LogP contribution in [-0.4, -0.2) is 13.3 Å². The van der Waals surface area contributed by atoms with E-state index in [0.717, 1.165) is 12.8 Å². The number of nitrogens with zero attached hydrogens (tertiary/aromatic N) is 1. The zero-order valence-electron chi connectivity index (χ0n) is 9.64. The van der Waals surface area contributed by atoms with Gasteiger partial charge in [-0.05, 0) is 30.7 Å². The molecule has 16 heavy (non-hydrogen) atoms. The van der Waals surface area contributed by atoms with Gasteiger partial charge in [-0.1, -0.05) is 13.3 Å². The molecule has 0 spiro atoms. The Morgan fingerprint density at radius 1 is 1.38 bits per heavy atom. The van der Waals surface area contributed by atoms with E-state index in [1.807, 2.05) is 6.07 Å². The van der Waals surface area contributed by atoms with Gasteiger partial charge in [-0.2, -0.15) is 5.26 Å². The molecular formula is C12H16NO2P. The highest BCUT2D eigenvalue weighted by molar-refractivity contribution is 7.66. The van der Waals surface area contributed by atoms with E-state index in [2.05, 4.69) is 6.92 Å². The third kappa shape index (κ3) is 3.48. The van der Waals surface area contributed by atoms with Crippen LogP contribution < -0.4 is 5.30 Å². The largest absolute Gasteiger partial charge is 0.325 e. The molecule has 4 heteroatoms. The summed E-state index contributed by atoms with van der Waals surface area (Å²) in [4.78, 5) is 0. The van der Waals surface area contributed by atoms with E-state index in [9.17, 15) is 4.57 Å². The molecule has 3 nitrogen and oxygen atoms in total. The zero-order valence-corrected chi connectivity index (χ0v) is 10.5. The average molecular weight is 237 g/mol.